The monoisotopic (exact) mass is 354 g/mol. The van der Waals surface area contributed by atoms with Crippen molar-refractivity contribution in [3.8, 4) is 11.1 Å². The lowest BCUT2D eigenvalue weighted by Crippen LogP contribution is -2.54. The Kier molecular flexibility index (Phi) is 4.15. The minimum Gasteiger partial charge on any atom is -0.329 e. The van der Waals surface area contributed by atoms with Gasteiger partial charge in [0.05, 0.1) is 0 Å². The molecule has 2 nitrogen and oxygen atoms in total. The van der Waals surface area contributed by atoms with E-state index in [0.29, 0.717) is 0 Å². The fraction of sp³-hybridized carbons (Fsp3) is 0.240. The van der Waals surface area contributed by atoms with Crippen molar-refractivity contribution in [1.29, 1.82) is 0 Å². The quantitative estimate of drug-likeness (QED) is 0.414. The minimum absolute atomic E-state index is 0.105. The maximum absolute atomic E-state index is 3.63. The van der Waals surface area contributed by atoms with Gasteiger partial charge in [0, 0.05) is 11.4 Å². The van der Waals surface area contributed by atoms with Crippen LogP contribution < -0.4 is 4.90 Å². The van der Waals surface area contributed by atoms with Crippen LogP contribution in [0.1, 0.15) is 27.7 Å². The molecule has 0 bridgehead atoms. The zero-order chi connectivity index (χ0) is 19.1. The van der Waals surface area contributed by atoms with Crippen LogP contribution in [0.4, 0.5) is 11.4 Å². The topological polar surface area (TPSA) is 6.25 Å². The molecule has 0 spiro atoms. The maximum Gasteiger partial charge on any atom is 0.207 e. The normalized spacial score (nSPS) is 17.6. The van der Waals surface area contributed by atoms with Gasteiger partial charge in [0.25, 0.3) is 0 Å². The molecule has 0 aliphatic carbocycles. The predicted molar refractivity (Wildman–Crippen MR) is 114 cm³/mol. The molecule has 0 amide bonds. The van der Waals surface area contributed by atoms with Crippen molar-refractivity contribution in [3.05, 3.63) is 84.9 Å². The largest absolute Gasteiger partial charge is 0.329 e. The van der Waals surface area contributed by atoms with E-state index in [0.717, 1.165) is 5.69 Å². The number of hydrogen-bond acceptors (Lipinski definition) is 1. The summed E-state index contributed by atoms with van der Waals surface area (Å²) in [4.78, 5) is 2.27. The first-order valence-corrected chi connectivity index (χ1v) is 9.48. The van der Waals surface area contributed by atoms with Crippen molar-refractivity contribution < 1.29 is 4.58 Å². The number of nitrogens with zero attached hydrogens (tertiary/aromatic N) is 2. The summed E-state index contributed by atoms with van der Waals surface area (Å²) in [6.07, 6.45) is 3.63. The van der Waals surface area contributed by atoms with Gasteiger partial charge in [-0.1, -0.05) is 84.9 Å². The van der Waals surface area contributed by atoms with Crippen LogP contribution in [0, 0.1) is 0 Å². The van der Waals surface area contributed by atoms with Gasteiger partial charge in [-0.05, 0) is 38.8 Å². The molecule has 0 radical (unpaired) electrons. The van der Waals surface area contributed by atoms with Gasteiger partial charge >= 0.3 is 0 Å². The van der Waals surface area contributed by atoms with Crippen molar-refractivity contribution in [2.45, 2.75) is 38.8 Å². The molecule has 2 heteroatoms. The third kappa shape index (κ3) is 2.86. The minimum atomic E-state index is -0.114. The second-order valence-electron chi connectivity index (χ2n) is 8.14. The van der Waals surface area contributed by atoms with Crippen molar-refractivity contribution in [2.24, 2.45) is 0 Å². The highest BCUT2D eigenvalue weighted by Crippen LogP contribution is 2.41. The lowest BCUT2D eigenvalue weighted by molar-refractivity contribution is -0.520. The Balaban J connectivity index is 1.73. The van der Waals surface area contributed by atoms with Crippen molar-refractivity contribution in [3.63, 3.8) is 0 Å². The average Bonchev–Trinajstić information content (AvgIpc) is 2.88. The number of anilines is 1. The summed E-state index contributed by atoms with van der Waals surface area (Å²) in [5.41, 5.74) is 4.58. The molecule has 136 valence electrons. The lowest BCUT2D eigenvalue weighted by atomic mass is 9.81. The summed E-state index contributed by atoms with van der Waals surface area (Å²) >= 11 is 0. The fourth-order valence-electron chi connectivity index (χ4n) is 3.67. The second kappa shape index (κ2) is 6.38. The Morgan fingerprint density at radius 2 is 1.19 bits per heavy atom. The smallest absolute Gasteiger partial charge is 0.207 e. The van der Waals surface area contributed by atoms with E-state index in [-0.39, 0.29) is 11.1 Å². The maximum atomic E-state index is 3.63. The standard InChI is InChI=1S/C25H26N2/c1-24(2)25(3,4)27(19-26(24)22-13-9-6-10-14-22)23-17-15-21(16-18-23)20-11-7-5-8-12-20/h5-18H,1-4H3. The third-order valence-electron chi connectivity index (χ3n) is 6.06. The molecule has 0 unspecified atom stereocenters. The number of hydrogen-bond donors (Lipinski definition) is 0. The van der Waals surface area contributed by atoms with E-state index >= 15 is 0 Å². The first kappa shape index (κ1) is 17.5. The molecule has 0 fully saturated rings. The first-order chi connectivity index (χ1) is 12.9. The molecule has 1 aliphatic heterocycles. The highest BCUT2D eigenvalue weighted by Gasteiger charge is 2.52. The van der Waals surface area contributed by atoms with Crippen LogP contribution in [0.2, 0.25) is 0 Å². The Morgan fingerprint density at radius 1 is 0.667 bits per heavy atom. The summed E-state index contributed by atoms with van der Waals surface area (Å²) < 4.78 is 2.26. The number of benzene rings is 3. The molecule has 0 saturated carbocycles. The molecule has 0 aromatic heterocycles. The summed E-state index contributed by atoms with van der Waals surface area (Å²) in [6.45, 7) is 9.14. The van der Waals surface area contributed by atoms with Crippen molar-refractivity contribution in [1.82, 2.24) is 0 Å². The van der Waals surface area contributed by atoms with Crippen LogP contribution in [0.15, 0.2) is 84.9 Å². The number of rotatable bonds is 3. The second-order valence-corrected chi connectivity index (χ2v) is 8.14. The van der Waals surface area contributed by atoms with Crippen molar-refractivity contribution in [2.75, 3.05) is 4.90 Å². The van der Waals surface area contributed by atoms with E-state index in [2.05, 4.69) is 128 Å². The van der Waals surface area contributed by atoms with Crippen LogP contribution >= 0.6 is 0 Å². The zero-order valence-corrected chi connectivity index (χ0v) is 16.5. The first-order valence-electron chi connectivity index (χ1n) is 9.48. The van der Waals surface area contributed by atoms with E-state index in [1.807, 2.05) is 0 Å². The Hall–Kier alpha value is -2.87. The predicted octanol–water partition coefficient (Wildman–Crippen LogP) is 5.98. The van der Waals surface area contributed by atoms with E-state index < -0.39 is 0 Å². The van der Waals surface area contributed by atoms with Gasteiger partial charge in [-0.25, -0.2) is 0 Å². The van der Waals surface area contributed by atoms with Crippen LogP contribution in [-0.2, 0) is 0 Å². The molecular formula is C25H26N2. The summed E-state index contributed by atoms with van der Waals surface area (Å²) in [7, 11) is 0. The summed E-state index contributed by atoms with van der Waals surface area (Å²) in [5.74, 6) is 0. The van der Waals surface area contributed by atoms with Gasteiger partial charge in [-0.15, -0.1) is 0 Å². The molecule has 0 saturated heterocycles. The van der Waals surface area contributed by atoms with Crippen molar-refractivity contribution >= 4 is 17.7 Å². The van der Waals surface area contributed by atoms with E-state index in [4.69, 9.17) is 0 Å². The molecule has 3 aromatic rings. The highest BCUT2D eigenvalue weighted by molar-refractivity contribution is 5.82. The van der Waals surface area contributed by atoms with Gasteiger partial charge < -0.3 is 9.48 Å². The SMILES string of the molecule is CC1(C)N(c2ccc(-c3ccccc3)cc2)[C-]=[N+](c2ccccc2)C1(C)C. The molecule has 1 heterocycles. The van der Waals surface area contributed by atoms with Gasteiger partial charge in [0.15, 0.2) is 0 Å². The molecule has 3 aromatic carbocycles. The summed E-state index contributed by atoms with van der Waals surface area (Å²) in [5, 5.41) is 0. The van der Waals surface area contributed by atoms with Crippen LogP contribution in [-0.4, -0.2) is 22.0 Å². The molecule has 1 aliphatic rings. The molecule has 27 heavy (non-hydrogen) atoms. The van der Waals surface area contributed by atoms with Crippen LogP contribution in [0.3, 0.4) is 0 Å². The van der Waals surface area contributed by atoms with Gasteiger partial charge in [-0.3, -0.25) is 0 Å². The Labute approximate surface area is 162 Å². The summed E-state index contributed by atoms with van der Waals surface area (Å²) in [6, 6.07) is 29.8. The molecular weight excluding hydrogens is 328 g/mol. The zero-order valence-electron chi connectivity index (χ0n) is 16.5. The number of para-hydroxylation sites is 1. The molecule has 4 rings (SSSR count). The average molecular weight is 354 g/mol. The van der Waals surface area contributed by atoms with Gasteiger partial charge in [-0.2, -0.15) is 0 Å². The Morgan fingerprint density at radius 3 is 1.78 bits per heavy atom. The lowest BCUT2D eigenvalue weighted by Gasteiger charge is -2.40. The fourth-order valence-corrected chi connectivity index (χ4v) is 3.67. The van der Waals surface area contributed by atoms with Crippen LogP contribution in [0.5, 0.6) is 0 Å². The van der Waals surface area contributed by atoms with E-state index in [9.17, 15) is 0 Å². The van der Waals surface area contributed by atoms with Gasteiger partial charge in [0.1, 0.15) is 11.1 Å². The third-order valence-corrected chi connectivity index (χ3v) is 6.06. The molecule has 0 N–H and O–H groups in total. The van der Waals surface area contributed by atoms with Gasteiger partial charge in [0.2, 0.25) is 6.34 Å². The van der Waals surface area contributed by atoms with E-state index in [1.54, 1.807) is 0 Å². The Bertz CT molecular complexity index is 952. The molecule has 0 atom stereocenters. The van der Waals surface area contributed by atoms with E-state index in [1.165, 1.54) is 16.8 Å². The highest BCUT2D eigenvalue weighted by atomic mass is 15.4. The van der Waals surface area contributed by atoms with Crippen LogP contribution in [0.25, 0.3) is 11.1 Å².